The van der Waals surface area contributed by atoms with Crippen LogP contribution in [0.3, 0.4) is 0 Å². The van der Waals surface area contributed by atoms with Crippen molar-refractivity contribution in [2.75, 3.05) is 7.11 Å². The second kappa shape index (κ2) is 7.04. The van der Waals surface area contributed by atoms with Gasteiger partial charge in [-0.25, -0.2) is 14.5 Å². The van der Waals surface area contributed by atoms with Crippen LogP contribution in [0, 0.1) is 0 Å². The number of esters is 1. The minimum Gasteiger partial charge on any atom is -0.493 e. The van der Waals surface area contributed by atoms with Gasteiger partial charge in [-0.1, -0.05) is 18.2 Å². The average molecular weight is 382 g/mol. The maximum atomic E-state index is 12.4. The topological polar surface area (TPSA) is 99.1 Å². The molecule has 27 heavy (non-hydrogen) atoms. The van der Waals surface area contributed by atoms with Crippen molar-refractivity contribution < 1.29 is 14.3 Å². The first-order chi connectivity index (χ1) is 13.2. The molecule has 0 saturated heterocycles. The lowest BCUT2D eigenvalue weighted by molar-refractivity contribution is 0.0451. The lowest BCUT2D eigenvalue weighted by Crippen LogP contribution is -2.14. The van der Waals surface area contributed by atoms with Crippen LogP contribution in [0.4, 0.5) is 0 Å². The molecule has 0 unspecified atom stereocenters. The Kier molecular flexibility index (Phi) is 4.43. The number of aromatic amines is 1. The van der Waals surface area contributed by atoms with Crippen molar-refractivity contribution in [2.24, 2.45) is 0 Å². The molecule has 8 nitrogen and oxygen atoms in total. The van der Waals surface area contributed by atoms with Crippen LogP contribution in [0.1, 0.15) is 16.3 Å². The minimum absolute atomic E-state index is 0.0420. The first-order valence-electron chi connectivity index (χ1n) is 7.98. The van der Waals surface area contributed by atoms with Crippen LogP contribution < -0.4 is 10.3 Å². The monoisotopic (exact) mass is 382 g/mol. The Morgan fingerprint density at radius 2 is 2.07 bits per heavy atom. The van der Waals surface area contributed by atoms with E-state index in [9.17, 15) is 9.59 Å². The van der Waals surface area contributed by atoms with E-state index in [1.807, 2.05) is 30.3 Å². The lowest BCUT2D eigenvalue weighted by Gasteiger charge is -2.04. The second-order valence-corrected chi connectivity index (χ2v) is 6.47. The van der Waals surface area contributed by atoms with Crippen molar-refractivity contribution in [3.8, 4) is 11.4 Å². The number of H-pyrrole nitrogens is 1. The highest BCUT2D eigenvalue weighted by molar-refractivity contribution is 7.17. The fourth-order valence-corrected chi connectivity index (χ4v) is 3.28. The molecule has 0 amide bonds. The Morgan fingerprint density at radius 3 is 2.85 bits per heavy atom. The number of nitrogens with zero attached hydrogens (tertiary/aromatic N) is 3. The molecule has 0 aliphatic heterocycles. The number of carbonyl (C=O) groups is 1. The summed E-state index contributed by atoms with van der Waals surface area (Å²) in [5.74, 6) is -0.117. The summed E-state index contributed by atoms with van der Waals surface area (Å²) in [6.45, 7) is -0.179. The quantitative estimate of drug-likeness (QED) is 0.533. The van der Waals surface area contributed by atoms with Crippen LogP contribution in [0.2, 0.25) is 0 Å². The maximum absolute atomic E-state index is 12.4. The summed E-state index contributed by atoms with van der Waals surface area (Å²) in [4.78, 5) is 31.3. The summed E-state index contributed by atoms with van der Waals surface area (Å²) in [6.07, 6.45) is 1.60. The minimum atomic E-state index is -0.672. The van der Waals surface area contributed by atoms with Gasteiger partial charge in [-0.15, -0.1) is 11.3 Å². The number of hydrogen-bond donors (Lipinski definition) is 1. The van der Waals surface area contributed by atoms with E-state index in [0.717, 1.165) is 5.69 Å². The summed E-state index contributed by atoms with van der Waals surface area (Å²) in [6, 6.07) is 11.1. The summed E-state index contributed by atoms with van der Waals surface area (Å²) >= 11 is 1.31. The van der Waals surface area contributed by atoms with Gasteiger partial charge in [-0.3, -0.25) is 4.79 Å². The third-order valence-electron chi connectivity index (χ3n) is 3.82. The molecule has 0 bridgehead atoms. The fourth-order valence-electron chi connectivity index (χ4n) is 2.55. The molecular weight excluding hydrogens is 368 g/mol. The molecule has 0 spiro atoms. The number of aromatic nitrogens is 4. The van der Waals surface area contributed by atoms with Crippen LogP contribution in [0.5, 0.6) is 5.75 Å². The number of nitrogens with one attached hydrogen (secondary N) is 1. The van der Waals surface area contributed by atoms with Crippen molar-refractivity contribution in [1.29, 1.82) is 0 Å². The highest BCUT2D eigenvalue weighted by Gasteiger charge is 2.20. The zero-order valence-electron chi connectivity index (χ0n) is 14.2. The second-order valence-electron chi connectivity index (χ2n) is 5.55. The van der Waals surface area contributed by atoms with Gasteiger partial charge in [0.05, 0.1) is 24.5 Å². The van der Waals surface area contributed by atoms with Gasteiger partial charge in [-0.2, -0.15) is 5.10 Å². The number of thiophene rings is 1. The van der Waals surface area contributed by atoms with E-state index in [-0.39, 0.29) is 23.7 Å². The van der Waals surface area contributed by atoms with Crippen LogP contribution in [-0.4, -0.2) is 32.8 Å². The molecule has 0 fully saturated rings. The predicted molar refractivity (Wildman–Crippen MR) is 99.5 cm³/mol. The number of fused-ring (bicyclic) bond motifs is 1. The number of para-hydroxylation sites is 1. The zero-order chi connectivity index (χ0) is 18.8. The molecule has 136 valence electrons. The molecule has 0 saturated carbocycles. The van der Waals surface area contributed by atoms with Crippen LogP contribution >= 0.6 is 11.3 Å². The van der Waals surface area contributed by atoms with Crippen LogP contribution in [-0.2, 0) is 11.3 Å². The Bertz CT molecular complexity index is 1160. The van der Waals surface area contributed by atoms with Crippen LogP contribution in [0.15, 0.2) is 52.8 Å². The average Bonchev–Trinajstić information content (AvgIpc) is 3.34. The SMILES string of the molecule is COc1cn(-c2ccccc2)nc1C(=O)OCc1nc2ccsc2c(=O)[nH]1. The number of benzene rings is 1. The number of hydrogen-bond acceptors (Lipinski definition) is 7. The van der Waals surface area contributed by atoms with Gasteiger partial charge in [0.1, 0.15) is 17.1 Å². The van der Waals surface area contributed by atoms with Crippen molar-refractivity contribution in [2.45, 2.75) is 6.61 Å². The largest absolute Gasteiger partial charge is 0.493 e. The van der Waals surface area contributed by atoms with Gasteiger partial charge in [0.15, 0.2) is 5.75 Å². The van der Waals surface area contributed by atoms with E-state index in [2.05, 4.69) is 15.1 Å². The maximum Gasteiger partial charge on any atom is 0.363 e. The normalized spacial score (nSPS) is 10.9. The lowest BCUT2D eigenvalue weighted by atomic mass is 10.3. The van der Waals surface area contributed by atoms with Crippen molar-refractivity contribution >= 4 is 27.5 Å². The molecule has 0 radical (unpaired) electrons. The smallest absolute Gasteiger partial charge is 0.363 e. The van der Waals surface area contributed by atoms with Crippen molar-refractivity contribution in [1.82, 2.24) is 19.7 Å². The van der Waals surface area contributed by atoms with Gasteiger partial charge >= 0.3 is 5.97 Å². The highest BCUT2D eigenvalue weighted by atomic mass is 32.1. The van der Waals surface area contributed by atoms with E-state index >= 15 is 0 Å². The third kappa shape index (κ3) is 3.32. The summed E-state index contributed by atoms with van der Waals surface area (Å²) < 4.78 is 12.6. The molecule has 9 heteroatoms. The molecule has 1 aromatic carbocycles. The number of methoxy groups -OCH3 is 1. The molecular formula is C18H14N4O4S. The highest BCUT2D eigenvalue weighted by Crippen LogP contribution is 2.21. The molecule has 3 aromatic heterocycles. The molecule has 0 aliphatic carbocycles. The van der Waals surface area contributed by atoms with Gasteiger partial charge in [0.25, 0.3) is 5.56 Å². The fraction of sp³-hybridized carbons (Fsp3) is 0.111. The molecule has 0 aliphatic rings. The van der Waals surface area contributed by atoms with Crippen molar-refractivity contribution in [3.05, 3.63) is 69.8 Å². The first-order valence-corrected chi connectivity index (χ1v) is 8.86. The summed E-state index contributed by atoms with van der Waals surface area (Å²) in [7, 11) is 1.45. The number of ether oxygens (including phenoxy) is 2. The van der Waals surface area contributed by atoms with E-state index in [1.165, 1.54) is 23.1 Å². The van der Waals surface area contributed by atoms with Crippen molar-refractivity contribution in [3.63, 3.8) is 0 Å². The van der Waals surface area contributed by atoms with E-state index < -0.39 is 5.97 Å². The Morgan fingerprint density at radius 1 is 1.26 bits per heavy atom. The van der Waals surface area contributed by atoms with E-state index in [4.69, 9.17) is 9.47 Å². The Labute approximate surface area is 157 Å². The van der Waals surface area contributed by atoms with Crippen LogP contribution in [0.25, 0.3) is 15.9 Å². The zero-order valence-corrected chi connectivity index (χ0v) is 15.0. The third-order valence-corrected chi connectivity index (χ3v) is 4.72. The molecule has 1 N–H and O–H groups in total. The van der Waals surface area contributed by atoms with E-state index in [0.29, 0.717) is 16.0 Å². The Hall–Kier alpha value is -3.46. The van der Waals surface area contributed by atoms with Gasteiger partial charge in [0.2, 0.25) is 5.69 Å². The molecule has 0 atom stereocenters. The predicted octanol–water partition coefficient (Wildman–Crippen LogP) is 2.54. The standard InChI is InChI=1S/C18H14N4O4S/c1-25-13-9-22(11-5-3-2-4-6-11)21-15(13)18(24)26-10-14-19-12-7-8-27-16(12)17(23)20-14/h2-9H,10H2,1H3,(H,19,20,23). The summed E-state index contributed by atoms with van der Waals surface area (Å²) in [5, 5.41) is 6.03. The Balaban J connectivity index is 1.55. The van der Waals surface area contributed by atoms with Gasteiger partial charge in [-0.05, 0) is 23.6 Å². The molecule has 4 aromatic rings. The molecule has 4 rings (SSSR count). The first kappa shape index (κ1) is 17.0. The van der Waals surface area contributed by atoms with Gasteiger partial charge < -0.3 is 14.5 Å². The number of carbonyl (C=O) groups excluding carboxylic acids is 1. The van der Waals surface area contributed by atoms with Gasteiger partial charge in [0, 0.05) is 0 Å². The van der Waals surface area contributed by atoms with E-state index in [1.54, 1.807) is 17.6 Å². The summed E-state index contributed by atoms with van der Waals surface area (Å²) in [5.41, 5.74) is 1.14. The molecule has 3 heterocycles. The number of rotatable bonds is 5.